The van der Waals surface area contributed by atoms with Crippen LogP contribution < -0.4 is 31.1 Å². The van der Waals surface area contributed by atoms with Gasteiger partial charge < -0.3 is 30.2 Å². The fraction of sp³-hybridized carbons (Fsp3) is 0.488. The number of aryl methyl sites for hydroxylation is 1. The molecule has 2 unspecified atom stereocenters. The topological polar surface area (TPSA) is 162 Å². The van der Waals surface area contributed by atoms with Crippen LogP contribution in [0.3, 0.4) is 0 Å². The third kappa shape index (κ3) is 7.47. The number of rotatable bonds is 8. The Morgan fingerprint density at radius 1 is 0.984 bits per heavy atom. The van der Waals surface area contributed by atoms with E-state index < -0.39 is 41.8 Å². The molecule has 1 aliphatic carbocycles. The molecule has 3 saturated heterocycles. The second-order valence-corrected chi connectivity index (χ2v) is 17.8. The van der Waals surface area contributed by atoms with E-state index >= 15 is 17.6 Å². The zero-order chi connectivity index (χ0) is 43.0. The number of nitrogens with zero attached hydrogens (tertiary/aromatic N) is 6. The van der Waals surface area contributed by atoms with Crippen LogP contribution in [0.2, 0.25) is 5.02 Å². The molecule has 4 fully saturated rings. The molecular formula is C43H45ClF4N10O4. The summed E-state index contributed by atoms with van der Waals surface area (Å²) in [6, 6.07) is 5.02. The van der Waals surface area contributed by atoms with Crippen LogP contribution in [0.25, 0.3) is 21.8 Å². The summed E-state index contributed by atoms with van der Waals surface area (Å²) in [6.45, 7) is 3.04. The lowest BCUT2D eigenvalue weighted by Gasteiger charge is -2.38. The van der Waals surface area contributed by atoms with Gasteiger partial charge in [-0.15, -0.1) is 0 Å². The Labute approximate surface area is 357 Å². The van der Waals surface area contributed by atoms with E-state index in [0.717, 1.165) is 51.4 Å². The van der Waals surface area contributed by atoms with Crippen molar-refractivity contribution in [3.05, 3.63) is 68.7 Å². The first-order valence-corrected chi connectivity index (χ1v) is 21.6. The lowest BCUT2D eigenvalue weighted by atomic mass is 9.86. The summed E-state index contributed by atoms with van der Waals surface area (Å²) >= 11 is 6.52. The number of halogens is 5. The Kier molecular flexibility index (Phi) is 10.3. The Bertz CT molecular complexity index is 2670. The number of hydrogen-bond acceptors (Lipinski definition) is 11. The van der Waals surface area contributed by atoms with E-state index in [-0.39, 0.29) is 63.5 Å². The van der Waals surface area contributed by atoms with Gasteiger partial charge in [-0.1, -0.05) is 23.7 Å². The number of fused-ring (bicyclic) bond motifs is 4. The minimum absolute atomic E-state index is 0.0271. The molecule has 7 heterocycles. The van der Waals surface area contributed by atoms with Crippen molar-refractivity contribution in [1.82, 2.24) is 34.9 Å². The number of carbonyl (C=O) groups excluding carboxylic acids is 2. The lowest BCUT2D eigenvalue weighted by molar-refractivity contribution is -0.134. The Morgan fingerprint density at radius 3 is 2.50 bits per heavy atom. The largest absolute Gasteiger partial charge is 0.480 e. The Balaban J connectivity index is 0.773. The summed E-state index contributed by atoms with van der Waals surface area (Å²) in [7, 11) is 1.69. The van der Waals surface area contributed by atoms with Crippen LogP contribution in [-0.4, -0.2) is 92.7 Å². The number of carbonyl (C=O) groups is 2. The molecule has 2 aromatic carbocycles. The smallest absolute Gasteiger partial charge is 0.301 e. The van der Waals surface area contributed by atoms with E-state index in [1.54, 1.807) is 7.05 Å². The maximum Gasteiger partial charge on any atom is 0.301 e. The van der Waals surface area contributed by atoms with Gasteiger partial charge in [0, 0.05) is 49.9 Å². The predicted molar refractivity (Wildman–Crippen MR) is 225 cm³/mol. The molecule has 4 aliphatic heterocycles. The number of H-pyrrole nitrogens is 1. The van der Waals surface area contributed by atoms with Gasteiger partial charge in [-0.25, -0.2) is 22.5 Å². The molecule has 0 bridgehead atoms. The van der Waals surface area contributed by atoms with Gasteiger partial charge in [0.05, 0.1) is 40.7 Å². The number of amides is 2. The fourth-order valence-corrected chi connectivity index (χ4v) is 9.95. The van der Waals surface area contributed by atoms with Gasteiger partial charge in [-0.05, 0) is 87.4 Å². The molecule has 4 N–H and O–H groups in total. The lowest BCUT2D eigenvalue weighted by Crippen LogP contribution is -2.44. The van der Waals surface area contributed by atoms with E-state index in [1.807, 2.05) is 12.1 Å². The van der Waals surface area contributed by atoms with E-state index in [4.69, 9.17) is 16.3 Å². The van der Waals surface area contributed by atoms with Crippen molar-refractivity contribution in [3.8, 4) is 5.75 Å². The van der Waals surface area contributed by atoms with Crippen molar-refractivity contribution in [2.75, 3.05) is 54.9 Å². The van der Waals surface area contributed by atoms with Crippen molar-refractivity contribution in [2.24, 2.45) is 18.9 Å². The zero-order valence-corrected chi connectivity index (χ0v) is 34.6. The summed E-state index contributed by atoms with van der Waals surface area (Å²) in [5.41, 5.74) is 0.983. The summed E-state index contributed by atoms with van der Waals surface area (Å²) < 4.78 is 68.7. The molecular weight excluding hydrogens is 832 g/mol. The van der Waals surface area contributed by atoms with Gasteiger partial charge in [0.15, 0.2) is 18.2 Å². The Hall–Kier alpha value is -5.49. The first kappa shape index (κ1) is 40.6. The summed E-state index contributed by atoms with van der Waals surface area (Å²) in [6.07, 6.45) is 6.71. The number of piperidine rings is 3. The quantitative estimate of drug-likeness (QED) is 0.0969. The van der Waals surface area contributed by atoms with E-state index in [2.05, 4.69) is 45.8 Å². The number of aromatic nitrogens is 5. The molecule has 2 amide bonds. The number of likely N-dealkylation sites (tertiary alicyclic amines) is 1. The van der Waals surface area contributed by atoms with Gasteiger partial charge in [-0.3, -0.25) is 24.4 Å². The average molecular weight is 877 g/mol. The molecule has 5 aromatic rings. The highest BCUT2D eigenvalue weighted by molar-refractivity contribution is 6.33. The monoisotopic (exact) mass is 876 g/mol. The van der Waals surface area contributed by atoms with Gasteiger partial charge in [0.2, 0.25) is 23.5 Å². The summed E-state index contributed by atoms with van der Waals surface area (Å²) in [4.78, 5) is 53.4. The second kappa shape index (κ2) is 15.7. The van der Waals surface area contributed by atoms with Crippen LogP contribution in [-0.2, 0) is 16.6 Å². The van der Waals surface area contributed by atoms with Crippen molar-refractivity contribution >= 4 is 68.4 Å². The molecule has 2 atom stereocenters. The van der Waals surface area contributed by atoms with Gasteiger partial charge in [0.1, 0.15) is 16.4 Å². The highest BCUT2D eigenvalue weighted by atomic mass is 35.5. The standard InChI is InChI=1S/C43H45ClF4N10O4/c1-56-36-25(34(55-56)26-6-7-32(59)52-40(26)60)5-4-24(33(36)46)22-10-12-57(13-11-22)19-21-8-14-58(15-9-21)42-49-18-28(44)39(54-42)50-31-16-27-30(17-29(31)45)51-41(61)37-35(27)53-38(23-2-3-23)43(47,48)20-62-37/h4-5,16-18,21-23,26,38,53H,2-3,6-15,19-20H2,1H3,(H,51,61)(H,49,50,54)(H,52,59,60). The molecule has 62 heavy (non-hydrogen) atoms. The van der Waals surface area contributed by atoms with E-state index in [1.165, 1.54) is 16.9 Å². The van der Waals surface area contributed by atoms with Crippen molar-refractivity contribution < 1.29 is 31.9 Å². The number of hydrogen-bond donors (Lipinski definition) is 4. The van der Waals surface area contributed by atoms with E-state index in [0.29, 0.717) is 71.8 Å². The van der Waals surface area contributed by atoms with Crippen LogP contribution in [0, 0.1) is 23.5 Å². The number of imide groups is 1. The summed E-state index contributed by atoms with van der Waals surface area (Å²) in [5, 5.41) is 13.8. The number of anilines is 4. The number of benzene rings is 2. The van der Waals surface area contributed by atoms with E-state index in [9.17, 15) is 14.4 Å². The van der Waals surface area contributed by atoms with Crippen molar-refractivity contribution in [2.45, 2.75) is 75.2 Å². The van der Waals surface area contributed by atoms with Gasteiger partial charge in [0.25, 0.3) is 5.56 Å². The number of pyridine rings is 1. The predicted octanol–water partition coefficient (Wildman–Crippen LogP) is 6.71. The highest BCUT2D eigenvalue weighted by Gasteiger charge is 2.51. The van der Waals surface area contributed by atoms with Crippen LogP contribution in [0.1, 0.15) is 74.5 Å². The highest BCUT2D eigenvalue weighted by Crippen LogP contribution is 2.46. The number of nitrogens with one attached hydrogen (secondary N) is 4. The molecule has 14 nitrogen and oxygen atoms in total. The molecule has 10 rings (SSSR count). The normalized spacial score (nSPS) is 22.6. The van der Waals surface area contributed by atoms with Crippen molar-refractivity contribution in [1.29, 1.82) is 0 Å². The van der Waals surface area contributed by atoms with Gasteiger partial charge >= 0.3 is 5.92 Å². The third-order valence-electron chi connectivity index (χ3n) is 13.3. The second-order valence-electron chi connectivity index (χ2n) is 17.4. The number of alkyl halides is 2. The fourth-order valence-electron chi connectivity index (χ4n) is 9.82. The molecule has 0 radical (unpaired) electrons. The zero-order valence-electron chi connectivity index (χ0n) is 33.9. The first-order chi connectivity index (χ1) is 29.8. The van der Waals surface area contributed by atoms with Crippen LogP contribution in [0.15, 0.2) is 35.3 Å². The molecule has 1 saturated carbocycles. The minimum atomic E-state index is -3.22. The maximum atomic E-state index is 16.2. The average Bonchev–Trinajstić information content (AvgIpc) is 4.04. The molecule has 19 heteroatoms. The number of ether oxygens (including phenoxy) is 1. The molecule has 326 valence electrons. The maximum absolute atomic E-state index is 16.2. The third-order valence-corrected chi connectivity index (χ3v) is 13.6. The molecule has 0 spiro atoms. The van der Waals surface area contributed by atoms with Crippen LogP contribution in [0.4, 0.5) is 40.7 Å². The van der Waals surface area contributed by atoms with Gasteiger partial charge in [-0.2, -0.15) is 10.1 Å². The molecule has 5 aliphatic rings. The SMILES string of the molecule is Cn1nc(C2CCC(=O)NC2=O)c2ccc(C3CCN(CC4CCN(c5ncc(Cl)c(Nc6cc7c8c(c(=O)[nH]c7cc6F)OCC(F)(F)C(C6CC6)N8)n5)CC4)CC3)c(F)c21. The van der Waals surface area contributed by atoms with Crippen molar-refractivity contribution in [3.63, 3.8) is 0 Å². The minimum Gasteiger partial charge on any atom is -0.480 e. The number of aromatic amines is 1. The van der Waals surface area contributed by atoms with Crippen LogP contribution >= 0.6 is 11.6 Å². The summed E-state index contributed by atoms with van der Waals surface area (Å²) in [5.74, 6) is -4.99. The Morgan fingerprint density at radius 2 is 1.76 bits per heavy atom. The first-order valence-electron chi connectivity index (χ1n) is 21.2. The van der Waals surface area contributed by atoms with Crippen LogP contribution in [0.5, 0.6) is 5.75 Å². The molecule has 3 aromatic heterocycles.